The fourth-order valence-corrected chi connectivity index (χ4v) is 3.83. The molecule has 2 aromatic carbocycles. The molecule has 0 saturated carbocycles. The molecule has 0 amide bonds. The lowest BCUT2D eigenvalue weighted by atomic mass is 10.0. The Morgan fingerprint density at radius 3 is 2.65 bits per heavy atom. The Kier molecular flexibility index (Phi) is 9.99. The van der Waals surface area contributed by atoms with Gasteiger partial charge in [0.05, 0.1) is 12.7 Å². The molecule has 31 heavy (non-hydrogen) atoms. The van der Waals surface area contributed by atoms with Crippen LogP contribution in [0.1, 0.15) is 55.9 Å². The highest BCUT2D eigenvalue weighted by Crippen LogP contribution is 2.30. The van der Waals surface area contributed by atoms with Crippen LogP contribution in [0.2, 0.25) is 0 Å². The van der Waals surface area contributed by atoms with E-state index in [1.54, 1.807) is 11.8 Å². The van der Waals surface area contributed by atoms with Gasteiger partial charge >= 0.3 is 5.97 Å². The minimum absolute atomic E-state index is 0.0178. The summed E-state index contributed by atoms with van der Waals surface area (Å²) in [4.78, 5) is 10.8. The Hall–Kier alpha value is -2.40. The lowest BCUT2D eigenvalue weighted by Gasteiger charge is -2.19. The van der Waals surface area contributed by atoms with E-state index in [-0.39, 0.29) is 12.5 Å². The summed E-state index contributed by atoms with van der Waals surface area (Å²) >= 11 is 1.70. The van der Waals surface area contributed by atoms with Crippen molar-refractivity contribution in [2.45, 2.75) is 59.5 Å². The van der Waals surface area contributed by atoms with Gasteiger partial charge in [0.25, 0.3) is 0 Å². The zero-order valence-electron chi connectivity index (χ0n) is 19.2. The first-order valence-electron chi connectivity index (χ1n) is 10.8. The van der Waals surface area contributed by atoms with Crippen molar-refractivity contribution in [2.24, 2.45) is 0 Å². The van der Waals surface area contributed by atoms with Crippen LogP contribution in [-0.2, 0) is 17.6 Å². The number of aliphatic carboxylic acids is 1. The van der Waals surface area contributed by atoms with E-state index < -0.39 is 5.97 Å². The van der Waals surface area contributed by atoms with E-state index in [2.05, 4.69) is 50.6 Å². The zero-order valence-corrected chi connectivity index (χ0v) is 20.1. The van der Waals surface area contributed by atoms with E-state index in [1.807, 2.05) is 25.1 Å². The van der Waals surface area contributed by atoms with Crippen molar-refractivity contribution in [3.05, 3.63) is 64.1 Å². The van der Waals surface area contributed by atoms with Crippen LogP contribution in [0.5, 0.6) is 11.5 Å². The predicted molar refractivity (Wildman–Crippen MR) is 130 cm³/mol. The van der Waals surface area contributed by atoms with Crippen molar-refractivity contribution < 1.29 is 19.4 Å². The number of hydrogen-bond donors (Lipinski definition) is 1. The number of allylic oxidation sites excluding steroid dienone is 1. The number of hydrogen-bond acceptors (Lipinski definition) is 4. The summed E-state index contributed by atoms with van der Waals surface area (Å²) in [7, 11) is 0. The number of rotatable bonds is 12. The first kappa shape index (κ1) is 24.9. The third-order valence-electron chi connectivity index (χ3n) is 5.22. The quantitative estimate of drug-likeness (QED) is 0.405. The molecule has 0 saturated heterocycles. The smallest absolute Gasteiger partial charge is 0.303 e. The average Bonchev–Trinajstić information content (AvgIpc) is 2.73. The Labute approximate surface area is 190 Å². The molecule has 0 spiro atoms. The minimum Gasteiger partial charge on any atom is -0.493 e. The summed E-state index contributed by atoms with van der Waals surface area (Å²) in [6, 6.07) is 12.3. The van der Waals surface area contributed by atoms with Gasteiger partial charge in [-0.15, -0.1) is 11.8 Å². The van der Waals surface area contributed by atoms with E-state index in [0.29, 0.717) is 13.0 Å². The number of aryl methyl sites for hydroxylation is 3. The lowest BCUT2D eigenvalue weighted by molar-refractivity contribution is -0.136. The number of ether oxygens (including phenoxy) is 2. The van der Waals surface area contributed by atoms with E-state index in [1.165, 1.54) is 11.1 Å². The second-order valence-electron chi connectivity index (χ2n) is 7.77. The van der Waals surface area contributed by atoms with Gasteiger partial charge in [0.2, 0.25) is 0 Å². The van der Waals surface area contributed by atoms with E-state index in [9.17, 15) is 4.79 Å². The van der Waals surface area contributed by atoms with Gasteiger partial charge in [0.1, 0.15) is 11.5 Å². The van der Waals surface area contributed by atoms with E-state index in [4.69, 9.17) is 14.6 Å². The van der Waals surface area contributed by atoms with Crippen molar-refractivity contribution in [1.82, 2.24) is 0 Å². The fourth-order valence-electron chi connectivity index (χ4n) is 3.35. The highest BCUT2D eigenvalue weighted by atomic mass is 32.2. The Balaban J connectivity index is 1.94. The molecule has 0 bridgehead atoms. The van der Waals surface area contributed by atoms with Crippen molar-refractivity contribution in [3.8, 4) is 11.5 Å². The highest BCUT2D eigenvalue weighted by Gasteiger charge is 2.12. The molecule has 0 unspecified atom stereocenters. The molecule has 0 aliphatic heterocycles. The monoisotopic (exact) mass is 442 g/mol. The molecule has 1 N–H and O–H groups in total. The van der Waals surface area contributed by atoms with Gasteiger partial charge < -0.3 is 14.6 Å². The first-order chi connectivity index (χ1) is 14.8. The minimum atomic E-state index is -0.777. The van der Waals surface area contributed by atoms with Crippen LogP contribution in [0.25, 0.3) is 5.57 Å². The van der Waals surface area contributed by atoms with Crippen molar-refractivity contribution in [2.75, 3.05) is 12.9 Å². The van der Waals surface area contributed by atoms with Gasteiger partial charge in [-0.1, -0.05) is 19.1 Å². The molecular weight excluding hydrogens is 408 g/mol. The van der Waals surface area contributed by atoms with Gasteiger partial charge in [0, 0.05) is 18.4 Å². The standard InChI is InChI=1S/C26H34O4S/c1-6-21-7-11-25(24(16-21)19(3)17-31-5)30-20(4)13-14-29-23-10-8-22(18(2)15-23)9-12-26(27)28/h7-8,10-11,15-17,20H,6,9,12-14H2,1-5H3,(H,27,28)/b19-17+/t20-/m1/s1. The summed E-state index contributed by atoms with van der Waals surface area (Å²) in [5, 5.41) is 11.0. The predicted octanol–water partition coefficient (Wildman–Crippen LogP) is 6.53. The summed E-state index contributed by atoms with van der Waals surface area (Å²) in [5.41, 5.74) is 5.76. The van der Waals surface area contributed by atoms with Crippen LogP contribution in [-0.4, -0.2) is 30.0 Å². The Bertz CT molecular complexity index is 904. The zero-order chi connectivity index (χ0) is 22.8. The molecule has 168 valence electrons. The fraction of sp³-hybridized carbons (Fsp3) is 0.423. The van der Waals surface area contributed by atoms with Crippen LogP contribution < -0.4 is 9.47 Å². The third kappa shape index (κ3) is 7.98. The van der Waals surface area contributed by atoms with Gasteiger partial charge in [-0.3, -0.25) is 4.79 Å². The largest absolute Gasteiger partial charge is 0.493 e. The molecule has 0 radical (unpaired) electrons. The van der Waals surface area contributed by atoms with E-state index >= 15 is 0 Å². The second-order valence-corrected chi connectivity index (χ2v) is 8.48. The normalized spacial score (nSPS) is 12.5. The summed E-state index contributed by atoms with van der Waals surface area (Å²) in [6.07, 6.45) is 4.52. The number of thioether (sulfide) groups is 1. The van der Waals surface area contributed by atoms with Crippen LogP contribution in [0.3, 0.4) is 0 Å². The van der Waals surface area contributed by atoms with Crippen molar-refractivity contribution in [1.29, 1.82) is 0 Å². The molecule has 0 fully saturated rings. The van der Waals surface area contributed by atoms with Gasteiger partial charge in [-0.05, 0) is 91.8 Å². The molecule has 4 nitrogen and oxygen atoms in total. The first-order valence-corrected chi connectivity index (χ1v) is 12.1. The number of benzene rings is 2. The molecule has 0 aliphatic rings. The molecule has 0 aromatic heterocycles. The van der Waals surface area contributed by atoms with Crippen LogP contribution >= 0.6 is 11.8 Å². The lowest BCUT2D eigenvalue weighted by Crippen LogP contribution is -2.16. The number of carboxylic acid groups (broad SMARTS) is 1. The Morgan fingerprint density at radius 2 is 2.00 bits per heavy atom. The maximum Gasteiger partial charge on any atom is 0.303 e. The van der Waals surface area contributed by atoms with Gasteiger partial charge in [-0.2, -0.15) is 0 Å². The number of carbonyl (C=O) groups is 1. The summed E-state index contributed by atoms with van der Waals surface area (Å²) in [5.74, 6) is 0.932. The maximum atomic E-state index is 10.8. The van der Waals surface area contributed by atoms with Gasteiger partial charge in [0.15, 0.2) is 0 Å². The molecule has 5 heteroatoms. The molecular formula is C26H34O4S. The second kappa shape index (κ2) is 12.5. The topological polar surface area (TPSA) is 55.8 Å². The van der Waals surface area contributed by atoms with Gasteiger partial charge in [-0.25, -0.2) is 0 Å². The van der Waals surface area contributed by atoms with Crippen LogP contribution in [0.4, 0.5) is 0 Å². The number of carboxylic acids is 1. The molecule has 2 aromatic rings. The maximum absolute atomic E-state index is 10.8. The van der Waals surface area contributed by atoms with Crippen molar-refractivity contribution in [3.63, 3.8) is 0 Å². The van der Waals surface area contributed by atoms with E-state index in [0.717, 1.165) is 41.0 Å². The SMILES string of the molecule is CCc1ccc(O[C@H](C)CCOc2ccc(CCC(=O)O)c(C)c2)c(/C(C)=C/SC)c1. The Morgan fingerprint density at radius 1 is 1.23 bits per heavy atom. The third-order valence-corrected chi connectivity index (χ3v) is 5.80. The molecule has 1 atom stereocenters. The summed E-state index contributed by atoms with van der Waals surface area (Å²) in [6.45, 7) is 8.88. The molecule has 2 rings (SSSR count). The summed E-state index contributed by atoms with van der Waals surface area (Å²) < 4.78 is 12.2. The van der Waals surface area contributed by atoms with Crippen molar-refractivity contribution >= 4 is 23.3 Å². The van der Waals surface area contributed by atoms with Crippen LogP contribution in [0, 0.1) is 6.92 Å². The van der Waals surface area contributed by atoms with Crippen LogP contribution in [0.15, 0.2) is 41.8 Å². The molecule has 0 aliphatic carbocycles. The molecule has 0 heterocycles. The highest BCUT2D eigenvalue weighted by molar-refractivity contribution is 8.01. The average molecular weight is 443 g/mol.